The molecule has 2 N–H and O–H groups in total. The molecule has 2 aliphatic rings. The Morgan fingerprint density at radius 1 is 0.824 bits per heavy atom. The fraction of sp³-hybridized carbons (Fsp3) is 0.436. The number of amides is 3. The van der Waals surface area contributed by atoms with Crippen LogP contribution < -0.4 is 19.9 Å². The van der Waals surface area contributed by atoms with Crippen molar-refractivity contribution in [2.24, 2.45) is 4.99 Å². The van der Waals surface area contributed by atoms with Crippen LogP contribution in [0.4, 0.5) is 21.0 Å². The van der Waals surface area contributed by atoms with Crippen molar-refractivity contribution in [2.45, 2.75) is 85.9 Å². The van der Waals surface area contributed by atoms with Gasteiger partial charge in [-0.3, -0.25) is 10.1 Å². The molecule has 0 bridgehead atoms. The number of hydrogen-bond acceptors (Lipinski definition) is 7. The second kappa shape index (κ2) is 13.8. The summed E-state index contributed by atoms with van der Waals surface area (Å²) in [5.74, 6) is 0.288. The first kappa shape index (κ1) is 37.0. The Morgan fingerprint density at radius 3 is 1.78 bits per heavy atom. The SMILES string of the molecule is CCN(CC)c1ccc2c(c1)Oc1cc(N(CC)CC)ccc1C21c2ccccc2C(=O)N1N(C(=NC(=O)OC(C)(C)C)NC(=O)O)C(C)(C)C. The maximum Gasteiger partial charge on any atom is 0.437 e. The maximum atomic E-state index is 15.1. The molecule has 12 nitrogen and oxygen atoms in total. The van der Waals surface area contributed by atoms with Crippen LogP contribution in [0.2, 0.25) is 0 Å². The average molecular weight is 699 g/mol. The number of aliphatic imine (C=N–C) groups is 1. The summed E-state index contributed by atoms with van der Waals surface area (Å²) in [6.45, 7) is 22.0. The largest absolute Gasteiger partial charge is 0.465 e. The van der Waals surface area contributed by atoms with Crippen LogP contribution in [0.3, 0.4) is 0 Å². The molecule has 0 saturated carbocycles. The van der Waals surface area contributed by atoms with E-state index in [1.54, 1.807) is 32.9 Å². The summed E-state index contributed by atoms with van der Waals surface area (Å²) in [5.41, 5.74) is 1.000. The van der Waals surface area contributed by atoms with Gasteiger partial charge in [0.1, 0.15) is 22.6 Å². The van der Waals surface area contributed by atoms with E-state index in [0.717, 1.165) is 37.6 Å². The van der Waals surface area contributed by atoms with E-state index in [1.807, 2.05) is 69.3 Å². The van der Waals surface area contributed by atoms with Crippen LogP contribution in [0.1, 0.15) is 96.3 Å². The van der Waals surface area contributed by atoms with E-state index in [9.17, 15) is 14.7 Å². The fourth-order valence-electron chi connectivity index (χ4n) is 7.06. The third kappa shape index (κ3) is 6.66. The summed E-state index contributed by atoms with van der Waals surface area (Å²) in [6.07, 6.45) is -2.48. The monoisotopic (exact) mass is 698 g/mol. The van der Waals surface area contributed by atoms with Gasteiger partial charge in [-0.15, -0.1) is 4.99 Å². The minimum absolute atomic E-state index is 0.390. The number of anilines is 2. The van der Waals surface area contributed by atoms with E-state index in [4.69, 9.17) is 9.47 Å². The molecule has 0 fully saturated rings. The van der Waals surface area contributed by atoms with E-state index >= 15 is 4.79 Å². The lowest BCUT2D eigenvalue weighted by Gasteiger charge is -2.52. The van der Waals surface area contributed by atoms with Crippen molar-refractivity contribution in [1.29, 1.82) is 0 Å². The highest BCUT2D eigenvalue weighted by molar-refractivity contribution is 6.05. The second-order valence-corrected chi connectivity index (χ2v) is 14.5. The molecule has 0 saturated heterocycles. The lowest BCUT2D eigenvalue weighted by molar-refractivity contribution is -0.0492. The topological polar surface area (TPSA) is 127 Å². The molecule has 0 unspecified atom stereocenters. The predicted molar refractivity (Wildman–Crippen MR) is 199 cm³/mol. The van der Waals surface area contributed by atoms with Crippen molar-refractivity contribution in [3.63, 3.8) is 0 Å². The number of rotatable bonds is 7. The van der Waals surface area contributed by atoms with Crippen LogP contribution in [0.15, 0.2) is 65.7 Å². The molecule has 272 valence electrons. The summed E-state index contributed by atoms with van der Waals surface area (Å²) in [7, 11) is 0. The molecule has 0 aliphatic carbocycles. The Morgan fingerprint density at radius 2 is 1.33 bits per heavy atom. The molecule has 3 amide bonds. The molecule has 0 atom stereocenters. The smallest absolute Gasteiger partial charge is 0.437 e. The van der Waals surface area contributed by atoms with Crippen LogP contribution in [0, 0.1) is 0 Å². The van der Waals surface area contributed by atoms with Crippen molar-refractivity contribution in [3.8, 4) is 11.5 Å². The highest BCUT2D eigenvalue weighted by Crippen LogP contribution is 2.59. The van der Waals surface area contributed by atoms with Gasteiger partial charge in [0, 0.05) is 71.9 Å². The molecule has 0 radical (unpaired) electrons. The van der Waals surface area contributed by atoms with Crippen LogP contribution in [-0.2, 0) is 10.3 Å². The second-order valence-electron chi connectivity index (χ2n) is 14.5. The third-order valence-electron chi connectivity index (χ3n) is 9.09. The van der Waals surface area contributed by atoms with Crippen molar-refractivity contribution in [2.75, 3.05) is 36.0 Å². The number of guanidine groups is 1. The van der Waals surface area contributed by atoms with Gasteiger partial charge >= 0.3 is 12.2 Å². The van der Waals surface area contributed by atoms with Gasteiger partial charge in [-0.2, -0.15) is 0 Å². The van der Waals surface area contributed by atoms with Crippen molar-refractivity contribution >= 4 is 35.4 Å². The average Bonchev–Trinajstić information content (AvgIpc) is 3.28. The molecule has 3 aromatic carbocycles. The fourth-order valence-corrected chi connectivity index (χ4v) is 7.06. The van der Waals surface area contributed by atoms with Crippen molar-refractivity contribution in [1.82, 2.24) is 15.3 Å². The standard InChI is InChI=1S/C39H50N6O6/c1-11-42(12-2)25-19-21-29-31(23-25)50-32-24-26(43(13-3)14-4)20-22-30(32)39(29)28-18-16-15-17-27(28)33(46)44(39)45(37(5,6)7)34(40-35(47)48)41-36(49)51-38(8,9)10/h15-24H,11-14H2,1-10H3,(H,47,48)(H,40,41,49). The van der Waals surface area contributed by atoms with E-state index in [2.05, 4.69) is 47.8 Å². The summed E-state index contributed by atoms with van der Waals surface area (Å²) >= 11 is 0. The Hall–Kier alpha value is -5.26. The number of hydrazine groups is 1. The van der Waals surface area contributed by atoms with Gasteiger partial charge < -0.3 is 24.4 Å². The van der Waals surface area contributed by atoms with Gasteiger partial charge in [0.05, 0.1) is 5.54 Å². The van der Waals surface area contributed by atoms with Crippen molar-refractivity contribution in [3.05, 3.63) is 82.9 Å². The summed E-state index contributed by atoms with van der Waals surface area (Å²) in [4.78, 5) is 49.4. The molecule has 2 aliphatic heterocycles. The Bertz CT molecular complexity index is 1790. The van der Waals surface area contributed by atoms with Gasteiger partial charge in [0.15, 0.2) is 0 Å². The third-order valence-corrected chi connectivity index (χ3v) is 9.09. The number of carbonyl (C=O) groups excluding carboxylic acids is 2. The highest BCUT2D eigenvalue weighted by Gasteiger charge is 2.60. The van der Waals surface area contributed by atoms with Gasteiger partial charge in [-0.1, -0.05) is 30.3 Å². The van der Waals surface area contributed by atoms with Gasteiger partial charge in [-0.05, 0) is 87.4 Å². The zero-order valence-corrected chi connectivity index (χ0v) is 31.3. The molecule has 12 heteroatoms. The molecule has 1 spiro atoms. The minimum atomic E-state index is -1.47. The predicted octanol–water partition coefficient (Wildman–Crippen LogP) is 7.81. The summed E-state index contributed by atoms with van der Waals surface area (Å²) in [6, 6.07) is 19.3. The highest BCUT2D eigenvalue weighted by atomic mass is 16.6. The van der Waals surface area contributed by atoms with Crippen LogP contribution in [0.25, 0.3) is 0 Å². The summed E-state index contributed by atoms with van der Waals surface area (Å²) in [5, 5.41) is 15.4. The number of nitrogens with zero attached hydrogens (tertiary/aromatic N) is 5. The molecule has 2 heterocycles. The first-order chi connectivity index (χ1) is 24.0. The molecular weight excluding hydrogens is 648 g/mol. The number of benzene rings is 3. The van der Waals surface area contributed by atoms with E-state index in [-0.39, 0.29) is 5.96 Å². The number of hydrogen-bond donors (Lipinski definition) is 2. The Balaban J connectivity index is 1.91. The quantitative estimate of drug-likeness (QED) is 0.188. The maximum absolute atomic E-state index is 15.1. The number of ether oxygens (including phenoxy) is 2. The van der Waals surface area contributed by atoms with Gasteiger partial charge in [0.25, 0.3) is 5.91 Å². The normalized spacial score (nSPS) is 14.7. The lowest BCUT2D eigenvalue weighted by Crippen LogP contribution is -2.66. The van der Waals surface area contributed by atoms with Crippen LogP contribution >= 0.6 is 0 Å². The molecule has 51 heavy (non-hydrogen) atoms. The van der Waals surface area contributed by atoms with Gasteiger partial charge in [-0.25, -0.2) is 19.6 Å². The Labute approximate surface area is 300 Å². The molecule has 0 aromatic heterocycles. The van der Waals surface area contributed by atoms with Crippen molar-refractivity contribution < 1.29 is 29.0 Å². The number of nitrogens with one attached hydrogen (secondary N) is 1. The molecule has 3 aromatic rings. The van der Waals surface area contributed by atoms with Gasteiger partial charge in [0.2, 0.25) is 5.96 Å². The first-order valence-electron chi connectivity index (χ1n) is 17.5. The van der Waals surface area contributed by atoms with E-state index in [0.29, 0.717) is 33.8 Å². The van der Waals surface area contributed by atoms with Crippen LogP contribution in [-0.4, -0.2) is 76.5 Å². The summed E-state index contributed by atoms with van der Waals surface area (Å²) < 4.78 is 12.3. The van der Waals surface area contributed by atoms with E-state index < -0.39 is 34.8 Å². The van der Waals surface area contributed by atoms with Crippen LogP contribution in [0.5, 0.6) is 11.5 Å². The zero-order valence-electron chi connectivity index (χ0n) is 31.3. The molecule has 5 rings (SSSR count). The number of carboxylic acid groups (broad SMARTS) is 1. The lowest BCUT2D eigenvalue weighted by atomic mass is 9.75. The number of fused-ring (bicyclic) bond motifs is 6. The minimum Gasteiger partial charge on any atom is -0.465 e. The molecular formula is C39H50N6O6. The Kier molecular flexibility index (Phi) is 10.0. The number of carbonyl (C=O) groups is 3. The zero-order chi connectivity index (χ0) is 37.5. The first-order valence-corrected chi connectivity index (χ1v) is 17.5. The van der Waals surface area contributed by atoms with E-state index in [1.165, 1.54) is 10.0 Å².